The van der Waals surface area contributed by atoms with Gasteiger partial charge in [0.25, 0.3) is 0 Å². The molecule has 0 spiro atoms. The molecule has 1 aromatic heterocycles. The lowest BCUT2D eigenvalue weighted by molar-refractivity contribution is 0.635. The third-order valence-electron chi connectivity index (χ3n) is 10.3. The first-order valence-electron chi connectivity index (χ1n) is 18.3. The average molecular weight is 695 g/mol. The zero-order valence-corrected chi connectivity index (χ0v) is 30.3. The molecule has 0 radical (unpaired) electrons. The SMILES string of the molecule is CN=C/C(=C\NC)c1cccc(-c2c(-c3c4ccccc4c(-c4ccccc4)c4ccccc34)oc3c(-c4cccc(-c5ccccc5)c4)cccc23)c1. The summed E-state index contributed by atoms with van der Waals surface area (Å²) in [5, 5.41) is 8.93. The van der Waals surface area contributed by atoms with Gasteiger partial charge < -0.3 is 9.73 Å². The fraction of sp³-hybridized carbons (Fsp3) is 0.0392. The molecule has 1 heterocycles. The van der Waals surface area contributed by atoms with E-state index in [0.29, 0.717) is 0 Å². The number of nitrogens with one attached hydrogen (secondary N) is 1. The van der Waals surface area contributed by atoms with Crippen LogP contribution in [0.15, 0.2) is 192 Å². The van der Waals surface area contributed by atoms with E-state index in [4.69, 9.17) is 4.42 Å². The summed E-state index contributed by atoms with van der Waals surface area (Å²) in [7, 11) is 3.72. The predicted molar refractivity (Wildman–Crippen MR) is 230 cm³/mol. The standard InChI is InChI=1S/C51H38N2O/c1-52-32-40(33-53-2)37-21-14-23-39(31-37)48-46-29-15-28-41(38-22-13-20-36(30-38)34-16-5-3-6-17-34)50(46)54-51(48)49-44-26-11-9-24-42(44)47(35-18-7-4-8-19-35)43-25-10-12-27-45(43)49/h3-33,52H,1-2H3/b40-32+,53-33?. The minimum absolute atomic E-state index is 0.851. The van der Waals surface area contributed by atoms with Crippen LogP contribution >= 0.6 is 0 Å². The van der Waals surface area contributed by atoms with Crippen LogP contribution in [-0.2, 0) is 0 Å². The molecule has 3 nitrogen and oxygen atoms in total. The maximum absolute atomic E-state index is 7.37. The molecule has 1 N–H and O–H groups in total. The van der Waals surface area contributed by atoms with E-state index >= 15 is 0 Å². The van der Waals surface area contributed by atoms with E-state index in [0.717, 1.165) is 66.5 Å². The van der Waals surface area contributed by atoms with Crippen LogP contribution in [0.25, 0.3) is 93.9 Å². The molecule has 0 saturated heterocycles. The molecule has 54 heavy (non-hydrogen) atoms. The Hall–Kier alpha value is -6.97. The molecule has 9 rings (SSSR count). The lowest BCUT2D eigenvalue weighted by Gasteiger charge is -2.17. The molecular formula is C51H38N2O. The van der Waals surface area contributed by atoms with Crippen molar-refractivity contribution in [1.29, 1.82) is 0 Å². The number of nitrogens with zero attached hydrogens (tertiary/aromatic N) is 1. The fourth-order valence-corrected chi connectivity index (χ4v) is 7.94. The number of hydrogen-bond donors (Lipinski definition) is 1. The summed E-state index contributed by atoms with van der Waals surface area (Å²) in [5.74, 6) is 0.851. The zero-order chi connectivity index (χ0) is 36.4. The Morgan fingerprint density at radius 3 is 1.69 bits per heavy atom. The van der Waals surface area contributed by atoms with Crippen LogP contribution in [0, 0.1) is 0 Å². The third kappa shape index (κ3) is 5.77. The first kappa shape index (κ1) is 32.9. The summed E-state index contributed by atoms with van der Waals surface area (Å²) in [5.41, 5.74) is 13.1. The average Bonchev–Trinajstić information content (AvgIpc) is 3.63. The Morgan fingerprint density at radius 1 is 0.481 bits per heavy atom. The second-order valence-electron chi connectivity index (χ2n) is 13.5. The fourth-order valence-electron chi connectivity index (χ4n) is 7.94. The smallest absolute Gasteiger partial charge is 0.144 e. The molecule has 3 heteroatoms. The Balaban J connectivity index is 1.39. The molecule has 8 aromatic carbocycles. The van der Waals surface area contributed by atoms with Crippen LogP contribution in [0.3, 0.4) is 0 Å². The van der Waals surface area contributed by atoms with Gasteiger partial charge >= 0.3 is 0 Å². The Kier molecular flexibility index (Phi) is 8.66. The molecule has 0 aliphatic carbocycles. The summed E-state index contributed by atoms with van der Waals surface area (Å²) in [6.07, 6.45) is 3.88. The molecule has 0 bridgehead atoms. The highest BCUT2D eigenvalue weighted by atomic mass is 16.3. The second-order valence-corrected chi connectivity index (χ2v) is 13.5. The van der Waals surface area contributed by atoms with E-state index in [1.54, 1.807) is 7.05 Å². The monoisotopic (exact) mass is 694 g/mol. The Labute approximate surface area is 315 Å². The third-order valence-corrected chi connectivity index (χ3v) is 10.3. The van der Waals surface area contributed by atoms with Crippen LogP contribution in [0.2, 0.25) is 0 Å². The van der Waals surface area contributed by atoms with Gasteiger partial charge in [0.1, 0.15) is 11.3 Å². The number of allylic oxidation sites excluding steroid dienone is 1. The summed E-state index contributed by atoms with van der Waals surface area (Å²) in [4.78, 5) is 4.36. The molecule has 0 aliphatic heterocycles. The lowest BCUT2D eigenvalue weighted by atomic mass is 9.86. The van der Waals surface area contributed by atoms with Crippen molar-refractivity contribution in [1.82, 2.24) is 5.32 Å². The molecule has 9 aromatic rings. The van der Waals surface area contributed by atoms with Crippen molar-refractivity contribution in [2.24, 2.45) is 4.99 Å². The van der Waals surface area contributed by atoms with Gasteiger partial charge in [-0.15, -0.1) is 0 Å². The molecule has 0 fully saturated rings. The number of rotatable bonds is 8. The normalized spacial score (nSPS) is 11.9. The Morgan fingerprint density at radius 2 is 1.02 bits per heavy atom. The van der Waals surface area contributed by atoms with Crippen molar-refractivity contribution in [3.05, 3.63) is 188 Å². The number of furan rings is 1. The van der Waals surface area contributed by atoms with E-state index in [1.165, 1.54) is 33.0 Å². The van der Waals surface area contributed by atoms with Crippen molar-refractivity contribution in [3.8, 4) is 55.8 Å². The highest BCUT2D eigenvalue weighted by Gasteiger charge is 2.25. The van der Waals surface area contributed by atoms with Gasteiger partial charge in [0.2, 0.25) is 0 Å². The van der Waals surface area contributed by atoms with Gasteiger partial charge in [0.05, 0.1) is 0 Å². The molecule has 0 unspecified atom stereocenters. The molecule has 0 atom stereocenters. The maximum Gasteiger partial charge on any atom is 0.144 e. The second kappa shape index (κ2) is 14.2. The summed E-state index contributed by atoms with van der Waals surface area (Å²) in [6.45, 7) is 0. The summed E-state index contributed by atoms with van der Waals surface area (Å²) in [6, 6.07) is 62.8. The number of para-hydroxylation sites is 1. The molecule has 0 saturated carbocycles. The lowest BCUT2D eigenvalue weighted by Crippen LogP contribution is -1.97. The van der Waals surface area contributed by atoms with Crippen molar-refractivity contribution >= 4 is 44.3 Å². The van der Waals surface area contributed by atoms with E-state index in [2.05, 4.69) is 186 Å². The van der Waals surface area contributed by atoms with E-state index in [1.807, 2.05) is 19.5 Å². The zero-order valence-electron chi connectivity index (χ0n) is 30.3. The molecule has 0 amide bonds. The minimum Gasteiger partial charge on any atom is -0.455 e. The van der Waals surface area contributed by atoms with E-state index in [-0.39, 0.29) is 0 Å². The highest BCUT2D eigenvalue weighted by molar-refractivity contribution is 6.23. The van der Waals surface area contributed by atoms with Crippen LogP contribution < -0.4 is 5.32 Å². The van der Waals surface area contributed by atoms with E-state index in [9.17, 15) is 0 Å². The van der Waals surface area contributed by atoms with Crippen LogP contribution in [-0.4, -0.2) is 20.3 Å². The number of hydrogen-bond acceptors (Lipinski definition) is 3. The van der Waals surface area contributed by atoms with Gasteiger partial charge in [-0.05, 0) is 72.6 Å². The quantitative estimate of drug-likeness (QED) is 0.127. The van der Waals surface area contributed by atoms with Crippen molar-refractivity contribution in [2.75, 3.05) is 14.1 Å². The van der Waals surface area contributed by atoms with Gasteiger partial charge in [-0.2, -0.15) is 0 Å². The first-order chi connectivity index (χ1) is 26.7. The molecular weight excluding hydrogens is 657 g/mol. The maximum atomic E-state index is 7.37. The largest absolute Gasteiger partial charge is 0.455 e. The van der Waals surface area contributed by atoms with Gasteiger partial charge in [0.15, 0.2) is 0 Å². The van der Waals surface area contributed by atoms with Crippen molar-refractivity contribution in [2.45, 2.75) is 0 Å². The predicted octanol–water partition coefficient (Wildman–Crippen LogP) is 13.3. The Bertz CT molecular complexity index is 2810. The van der Waals surface area contributed by atoms with Gasteiger partial charge in [-0.3, -0.25) is 4.99 Å². The van der Waals surface area contributed by atoms with Crippen LogP contribution in [0.1, 0.15) is 5.56 Å². The summed E-state index contributed by atoms with van der Waals surface area (Å²) >= 11 is 0. The van der Waals surface area contributed by atoms with Crippen molar-refractivity contribution in [3.63, 3.8) is 0 Å². The topological polar surface area (TPSA) is 37.5 Å². The van der Waals surface area contributed by atoms with Gasteiger partial charge in [-0.25, -0.2) is 0 Å². The highest BCUT2D eigenvalue weighted by Crippen LogP contribution is 2.50. The number of benzene rings is 8. The number of aliphatic imine (C=N–C) groups is 1. The minimum atomic E-state index is 0.851. The first-order valence-corrected chi connectivity index (χ1v) is 18.3. The van der Waals surface area contributed by atoms with Gasteiger partial charge in [-0.1, -0.05) is 164 Å². The number of fused-ring (bicyclic) bond motifs is 3. The van der Waals surface area contributed by atoms with E-state index < -0.39 is 0 Å². The van der Waals surface area contributed by atoms with Crippen LogP contribution in [0.4, 0.5) is 0 Å². The van der Waals surface area contributed by atoms with Crippen LogP contribution in [0.5, 0.6) is 0 Å². The van der Waals surface area contributed by atoms with Gasteiger partial charge in [0, 0.05) is 54.2 Å². The summed E-state index contributed by atoms with van der Waals surface area (Å²) < 4.78 is 7.37. The molecule has 0 aliphatic rings. The van der Waals surface area contributed by atoms with Crippen molar-refractivity contribution < 1.29 is 4.42 Å². The molecule has 258 valence electrons.